The maximum absolute atomic E-state index is 5.03. The zero-order valence-corrected chi connectivity index (χ0v) is 11.8. The second kappa shape index (κ2) is 8.56. The highest BCUT2D eigenvalue weighted by molar-refractivity contribution is 7.99. The molecule has 0 heterocycles. The topological polar surface area (TPSA) is 21.3 Å². The predicted molar refractivity (Wildman–Crippen MR) is 75.8 cm³/mol. The first-order valence-electron chi connectivity index (χ1n) is 6.17. The molecular formula is C14H23NOS. The van der Waals surface area contributed by atoms with E-state index in [-0.39, 0.29) is 0 Å². The van der Waals surface area contributed by atoms with Crippen LogP contribution in [0, 0.1) is 0 Å². The second-order valence-electron chi connectivity index (χ2n) is 4.13. The Hall–Kier alpha value is -0.510. The molecule has 0 saturated heterocycles. The first kappa shape index (κ1) is 14.6. The molecule has 1 rings (SSSR count). The number of methoxy groups -OCH3 is 1. The van der Waals surface area contributed by atoms with Crippen LogP contribution in [0.2, 0.25) is 0 Å². The first-order valence-corrected chi connectivity index (χ1v) is 7.15. The molecule has 1 N–H and O–H groups in total. The lowest BCUT2D eigenvalue weighted by atomic mass is 10.1. The Labute approximate surface area is 109 Å². The summed E-state index contributed by atoms with van der Waals surface area (Å²) in [5, 5.41) is 3.25. The van der Waals surface area contributed by atoms with Crippen molar-refractivity contribution in [1.29, 1.82) is 0 Å². The molecule has 1 aromatic carbocycles. The molecule has 0 bridgehead atoms. The summed E-state index contributed by atoms with van der Waals surface area (Å²) in [7, 11) is 3.75. The van der Waals surface area contributed by atoms with E-state index in [1.807, 2.05) is 18.8 Å². The molecule has 0 aliphatic heterocycles. The van der Waals surface area contributed by atoms with E-state index in [2.05, 4.69) is 36.5 Å². The Kier molecular flexibility index (Phi) is 7.33. The summed E-state index contributed by atoms with van der Waals surface area (Å²) in [6, 6.07) is 9.27. The van der Waals surface area contributed by atoms with Crippen molar-refractivity contribution in [1.82, 2.24) is 5.32 Å². The summed E-state index contributed by atoms with van der Waals surface area (Å²) in [6.07, 6.45) is 2.37. The van der Waals surface area contributed by atoms with Crippen LogP contribution < -0.4 is 5.32 Å². The monoisotopic (exact) mass is 253 g/mol. The van der Waals surface area contributed by atoms with Crippen molar-refractivity contribution < 1.29 is 4.74 Å². The molecule has 0 amide bonds. The van der Waals surface area contributed by atoms with E-state index in [0.29, 0.717) is 6.04 Å². The van der Waals surface area contributed by atoms with E-state index in [0.717, 1.165) is 13.0 Å². The molecule has 0 aromatic heterocycles. The highest BCUT2D eigenvalue weighted by Crippen LogP contribution is 2.21. The zero-order valence-electron chi connectivity index (χ0n) is 11.0. The van der Waals surface area contributed by atoms with Crippen molar-refractivity contribution in [2.24, 2.45) is 0 Å². The number of ether oxygens (including phenoxy) is 1. The van der Waals surface area contributed by atoms with Crippen molar-refractivity contribution in [3.8, 4) is 0 Å². The van der Waals surface area contributed by atoms with Gasteiger partial charge in [-0.25, -0.2) is 0 Å². The summed E-state index contributed by atoms with van der Waals surface area (Å²) < 4.78 is 5.03. The van der Waals surface area contributed by atoms with Gasteiger partial charge in [0.05, 0.1) is 0 Å². The molecule has 0 radical (unpaired) electrons. The van der Waals surface area contributed by atoms with Gasteiger partial charge in [-0.2, -0.15) is 0 Å². The van der Waals surface area contributed by atoms with E-state index < -0.39 is 0 Å². The van der Waals surface area contributed by atoms with Crippen molar-refractivity contribution in [3.05, 3.63) is 29.8 Å². The third-order valence-electron chi connectivity index (χ3n) is 2.82. The standard InChI is InChI=1S/C14H23NOS/c1-12(15-2)13-6-8-14(9-7-13)17-11-5-4-10-16-3/h6-9,12,15H,4-5,10-11H2,1-3H3. The highest BCUT2D eigenvalue weighted by Gasteiger charge is 2.01. The number of rotatable bonds is 8. The summed E-state index contributed by atoms with van der Waals surface area (Å²) >= 11 is 1.92. The third-order valence-corrected chi connectivity index (χ3v) is 3.92. The summed E-state index contributed by atoms with van der Waals surface area (Å²) in [5.74, 6) is 1.17. The van der Waals surface area contributed by atoms with Crippen LogP contribution >= 0.6 is 11.8 Å². The van der Waals surface area contributed by atoms with Gasteiger partial charge in [-0.3, -0.25) is 0 Å². The average Bonchev–Trinajstić information content (AvgIpc) is 2.38. The maximum atomic E-state index is 5.03. The van der Waals surface area contributed by atoms with Gasteiger partial charge in [0, 0.05) is 24.7 Å². The number of hydrogen-bond acceptors (Lipinski definition) is 3. The van der Waals surface area contributed by atoms with Crippen LogP contribution in [0.5, 0.6) is 0 Å². The summed E-state index contributed by atoms with van der Waals surface area (Å²) in [6.45, 7) is 3.05. The largest absolute Gasteiger partial charge is 0.385 e. The quantitative estimate of drug-likeness (QED) is 0.566. The number of unbranched alkanes of at least 4 members (excludes halogenated alkanes) is 1. The summed E-state index contributed by atoms with van der Waals surface area (Å²) in [5.41, 5.74) is 1.34. The SMILES string of the molecule is CNC(C)c1ccc(SCCCCOC)cc1. The van der Waals surface area contributed by atoms with Crippen LogP contribution in [0.25, 0.3) is 0 Å². The van der Waals surface area contributed by atoms with Gasteiger partial charge in [-0.05, 0) is 50.3 Å². The van der Waals surface area contributed by atoms with E-state index in [1.54, 1.807) is 7.11 Å². The molecule has 1 atom stereocenters. The van der Waals surface area contributed by atoms with Crippen LogP contribution in [-0.4, -0.2) is 26.5 Å². The Morgan fingerprint density at radius 1 is 1.24 bits per heavy atom. The third kappa shape index (κ3) is 5.57. The fourth-order valence-electron chi connectivity index (χ4n) is 1.56. The fourth-order valence-corrected chi connectivity index (χ4v) is 2.47. The molecule has 0 aliphatic rings. The molecule has 0 aliphatic carbocycles. The predicted octanol–water partition coefficient (Wildman–Crippen LogP) is 3.49. The molecule has 0 spiro atoms. The smallest absolute Gasteiger partial charge is 0.0462 e. The van der Waals surface area contributed by atoms with Gasteiger partial charge in [0.1, 0.15) is 0 Å². The van der Waals surface area contributed by atoms with Gasteiger partial charge in [0.15, 0.2) is 0 Å². The normalized spacial score (nSPS) is 12.6. The molecule has 0 saturated carbocycles. The minimum absolute atomic E-state index is 0.427. The van der Waals surface area contributed by atoms with Gasteiger partial charge < -0.3 is 10.1 Å². The first-order chi connectivity index (χ1) is 8.27. The van der Waals surface area contributed by atoms with E-state index in [1.165, 1.54) is 22.6 Å². The van der Waals surface area contributed by atoms with Crippen molar-refractivity contribution >= 4 is 11.8 Å². The lowest BCUT2D eigenvalue weighted by molar-refractivity contribution is 0.194. The summed E-state index contributed by atoms with van der Waals surface area (Å²) in [4.78, 5) is 1.36. The molecule has 3 heteroatoms. The van der Waals surface area contributed by atoms with Gasteiger partial charge in [-0.1, -0.05) is 12.1 Å². The Bertz CT molecular complexity index is 300. The minimum Gasteiger partial charge on any atom is -0.385 e. The number of benzene rings is 1. The van der Waals surface area contributed by atoms with Gasteiger partial charge in [0.2, 0.25) is 0 Å². The minimum atomic E-state index is 0.427. The number of nitrogens with one attached hydrogen (secondary N) is 1. The van der Waals surface area contributed by atoms with Crippen LogP contribution in [0.3, 0.4) is 0 Å². The second-order valence-corrected chi connectivity index (χ2v) is 5.30. The Morgan fingerprint density at radius 2 is 1.94 bits per heavy atom. The van der Waals surface area contributed by atoms with Gasteiger partial charge in [0.25, 0.3) is 0 Å². The van der Waals surface area contributed by atoms with E-state index in [4.69, 9.17) is 4.74 Å². The molecule has 96 valence electrons. The molecule has 1 unspecified atom stereocenters. The van der Waals surface area contributed by atoms with Crippen LogP contribution in [0.15, 0.2) is 29.2 Å². The fraction of sp³-hybridized carbons (Fsp3) is 0.571. The lowest BCUT2D eigenvalue weighted by Crippen LogP contribution is -2.11. The molecule has 17 heavy (non-hydrogen) atoms. The zero-order chi connectivity index (χ0) is 12.5. The Balaban J connectivity index is 2.30. The average molecular weight is 253 g/mol. The van der Waals surface area contributed by atoms with Gasteiger partial charge >= 0.3 is 0 Å². The molecule has 2 nitrogen and oxygen atoms in total. The molecular weight excluding hydrogens is 230 g/mol. The number of thioether (sulfide) groups is 1. The lowest BCUT2D eigenvalue weighted by Gasteiger charge is -2.10. The van der Waals surface area contributed by atoms with Crippen LogP contribution in [0.4, 0.5) is 0 Å². The number of hydrogen-bond donors (Lipinski definition) is 1. The van der Waals surface area contributed by atoms with Crippen molar-refractivity contribution in [2.45, 2.75) is 30.7 Å². The highest BCUT2D eigenvalue weighted by atomic mass is 32.2. The van der Waals surface area contributed by atoms with Crippen LogP contribution in [-0.2, 0) is 4.74 Å². The van der Waals surface area contributed by atoms with Crippen molar-refractivity contribution in [3.63, 3.8) is 0 Å². The van der Waals surface area contributed by atoms with Gasteiger partial charge in [-0.15, -0.1) is 11.8 Å². The van der Waals surface area contributed by atoms with Crippen LogP contribution in [0.1, 0.15) is 31.4 Å². The van der Waals surface area contributed by atoms with E-state index in [9.17, 15) is 0 Å². The molecule has 0 fully saturated rings. The molecule has 1 aromatic rings. The van der Waals surface area contributed by atoms with Crippen molar-refractivity contribution in [2.75, 3.05) is 26.5 Å². The maximum Gasteiger partial charge on any atom is 0.0462 e. The Morgan fingerprint density at radius 3 is 2.53 bits per heavy atom. The van der Waals surface area contributed by atoms with E-state index >= 15 is 0 Å².